The molecular weight excluding hydrogens is 420 g/mol. The number of carboxylic acid groups (broad SMARTS) is 1. The summed E-state index contributed by atoms with van der Waals surface area (Å²) >= 11 is 0.924. The number of benzene rings is 2. The lowest BCUT2D eigenvalue weighted by molar-refractivity contribution is -0.991. The van der Waals surface area contributed by atoms with Gasteiger partial charge in [-0.05, 0) is 29.3 Å². The second kappa shape index (κ2) is 8.31. The first-order valence-corrected chi connectivity index (χ1v) is 11.0. The van der Waals surface area contributed by atoms with E-state index in [2.05, 4.69) is 15.2 Å². The number of sulfone groups is 1. The van der Waals surface area contributed by atoms with E-state index in [1.54, 1.807) is 18.2 Å². The third-order valence-corrected chi connectivity index (χ3v) is 5.78. The first kappa shape index (κ1) is 21.0. The van der Waals surface area contributed by atoms with Crippen molar-refractivity contribution in [3.05, 3.63) is 47.7 Å². The molecule has 4 N–H and O–H groups in total. The fourth-order valence-corrected chi connectivity index (χ4v) is 3.71. The minimum atomic E-state index is -3.43. The van der Waals surface area contributed by atoms with Gasteiger partial charge in [-0.3, -0.25) is 9.89 Å². The molecule has 3 rings (SSSR count). The number of nitrogens with zero attached hydrogens (tertiary/aromatic N) is 2. The Balaban J connectivity index is 2.05. The molecule has 0 saturated carbocycles. The Bertz CT molecular complexity index is 1160. The highest BCUT2D eigenvalue weighted by Gasteiger charge is 2.15. The Morgan fingerprint density at radius 2 is 1.93 bits per heavy atom. The van der Waals surface area contributed by atoms with Crippen LogP contribution in [0.1, 0.15) is 0 Å². The van der Waals surface area contributed by atoms with Crippen LogP contribution in [0.4, 0.5) is 5.69 Å². The Labute approximate surface area is 169 Å². The van der Waals surface area contributed by atoms with E-state index in [0.29, 0.717) is 16.7 Å². The van der Waals surface area contributed by atoms with Crippen LogP contribution < -0.4 is 5.23 Å². The van der Waals surface area contributed by atoms with Gasteiger partial charge in [0.15, 0.2) is 21.3 Å². The summed E-state index contributed by atoms with van der Waals surface area (Å²) in [6.07, 6.45) is 1.09. The Morgan fingerprint density at radius 1 is 1.21 bits per heavy atom. The Kier molecular flexibility index (Phi) is 6.00. The van der Waals surface area contributed by atoms with E-state index in [1.807, 2.05) is 0 Å². The third kappa shape index (κ3) is 5.19. The van der Waals surface area contributed by atoms with Crippen LogP contribution in [-0.2, 0) is 14.6 Å². The number of quaternary nitrogens is 1. The van der Waals surface area contributed by atoms with E-state index < -0.39 is 21.0 Å². The van der Waals surface area contributed by atoms with Crippen molar-refractivity contribution < 1.29 is 28.8 Å². The van der Waals surface area contributed by atoms with Crippen LogP contribution in [0.25, 0.3) is 22.5 Å². The fourth-order valence-electron chi connectivity index (χ4n) is 2.53. The summed E-state index contributed by atoms with van der Waals surface area (Å²) in [5.41, 5.74) is 1.41. The molecule has 0 aliphatic rings. The lowest BCUT2D eigenvalue weighted by atomic mass is 10.0. The van der Waals surface area contributed by atoms with Gasteiger partial charge in [-0.25, -0.2) is 18.6 Å². The molecule has 1 heterocycles. The SMILES string of the molecule is CS(=O)(=O)c1cccc(-c2cc(-c3nc(SCC(=O)O)n[nH]3)cc([NH+]([O-])O)c2)c1. The number of aliphatic carboxylic acids is 1. The predicted octanol–water partition coefficient (Wildman–Crippen LogP) is 1.12. The van der Waals surface area contributed by atoms with Gasteiger partial charge < -0.3 is 10.3 Å². The molecule has 0 fully saturated rings. The van der Waals surface area contributed by atoms with Crippen molar-refractivity contribution in [2.24, 2.45) is 0 Å². The van der Waals surface area contributed by atoms with Crippen molar-refractivity contribution in [1.82, 2.24) is 15.2 Å². The Morgan fingerprint density at radius 3 is 2.59 bits per heavy atom. The van der Waals surface area contributed by atoms with Gasteiger partial charge in [0.05, 0.1) is 10.6 Å². The molecular formula is C17H16N4O6S2. The second-order valence-corrected chi connectivity index (χ2v) is 9.01. The number of H-pyrrole nitrogens is 1. The van der Waals surface area contributed by atoms with Crippen molar-refractivity contribution in [2.75, 3.05) is 12.0 Å². The summed E-state index contributed by atoms with van der Waals surface area (Å²) in [5.74, 6) is -0.959. The minimum absolute atomic E-state index is 0.0154. The summed E-state index contributed by atoms with van der Waals surface area (Å²) < 4.78 is 23.7. The van der Waals surface area contributed by atoms with Crippen molar-refractivity contribution in [1.29, 1.82) is 0 Å². The number of aromatic nitrogens is 3. The summed E-state index contributed by atoms with van der Waals surface area (Å²) in [6.45, 7) is 0. The number of aromatic amines is 1. The third-order valence-electron chi connectivity index (χ3n) is 3.84. The average molecular weight is 436 g/mol. The van der Waals surface area contributed by atoms with Gasteiger partial charge in [0.2, 0.25) is 5.16 Å². The van der Waals surface area contributed by atoms with Gasteiger partial charge in [0.1, 0.15) is 0 Å². The molecule has 0 aliphatic carbocycles. The smallest absolute Gasteiger partial charge is 0.313 e. The van der Waals surface area contributed by atoms with Gasteiger partial charge in [-0.15, -0.1) is 5.10 Å². The van der Waals surface area contributed by atoms with E-state index in [9.17, 15) is 23.6 Å². The van der Waals surface area contributed by atoms with Crippen LogP contribution in [0, 0.1) is 5.21 Å². The quantitative estimate of drug-likeness (QED) is 0.314. The standard InChI is InChI=1S/C17H16N4O6S2/c1-29(26,27)14-4-2-3-10(8-14)11-5-12(7-13(6-11)21(24)25)16-18-17(20-19-16)28-9-15(22)23/h2-8,21,24H,9H2,1H3,(H,22,23)(H,18,19,20). The number of rotatable bonds is 7. The maximum absolute atomic E-state index is 11.8. The summed E-state index contributed by atoms with van der Waals surface area (Å²) in [7, 11) is -3.43. The predicted molar refractivity (Wildman–Crippen MR) is 105 cm³/mol. The first-order valence-electron chi connectivity index (χ1n) is 8.10. The molecule has 0 spiro atoms. The molecule has 0 saturated heterocycles. The first-order chi connectivity index (χ1) is 13.6. The fraction of sp³-hybridized carbons (Fsp3) is 0.118. The molecule has 0 amide bonds. The second-order valence-electron chi connectivity index (χ2n) is 6.05. The summed E-state index contributed by atoms with van der Waals surface area (Å²) in [6, 6.07) is 10.7. The highest BCUT2D eigenvalue weighted by atomic mass is 32.2. The van der Waals surface area contributed by atoms with E-state index in [1.165, 1.54) is 24.3 Å². The zero-order chi connectivity index (χ0) is 21.2. The van der Waals surface area contributed by atoms with Crippen LogP contribution in [0.5, 0.6) is 0 Å². The van der Waals surface area contributed by atoms with E-state index in [0.717, 1.165) is 18.0 Å². The topological polar surface area (TPSA) is 161 Å². The van der Waals surface area contributed by atoms with Crippen LogP contribution in [-0.4, -0.2) is 51.9 Å². The van der Waals surface area contributed by atoms with Gasteiger partial charge in [-0.2, -0.15) is 5.23 Å². The van der Waals surface area contributed by atoms with E-state index >= 15 is 0 Å². The van der Waals surface area contributed by atoms with Crippen molar-refractivity contribution in [3.8, 4) is 22.5 Å². The van der Waals surface area contributed by atoms with Crippen molar-refractivity contribution >= 4 is 33.3 Å². The van der Waals surface area contributed by atoms with Crippen LogP contribution in [0.15, 0.2) is 52.5 Å². The van der Waals surface area contributed by atoms with Gasteiger partial charge in [0, 0.05) is 24.0 Å². The number of nitrogens with one attached hydrogen (secondary N) is 2. The molecule has 152 valence electrons. The molecule has 0 aliphatic heterocycles. The average Bonchev–Trinajstić information content (AvgIpc) is 3.14. The van der Waals surface area contributed by atoms with Gasteiger partial charge >= 0.3 is 5.97 Å². The molecule has 1 unspecified atom stereocenters. The maximum atomic E-state index is 11.8. The number of hydrogen-bond acceptors (Lipinski definition) is 8. The normalized spacial score (nSPS) is 12.7. The summed E-state index contributed by atoms with van der Waals surface area (Å²) in [5, 5.41) is 35.4. The van der Waals surface area contributed by atoms with E-state index in [4.69, 9.17) is 5.11 Å². The zero-order valence-corrected chi connectivity index (χ0v) is 16.6. The molecule has 1 atom stereocenters. The van der Waals surface area contributed by atoms with Crippen LogP contribution in [0.2, 0.25) is 0 Å². The molecule has 0 radical (unpaired) electrons. The Hall–Kier alpha value is -2.77. The van der Waals surface area contributed by atoms with Gasteiger partial charge in [-0.1, -0.05) is 23.9 Å². The van der Waals surface area contributed by atoms with Crippen molar-refractivity contribution in [2.45, 2.75) is 10.1 Å². The van der Waals surface area contributed by atoms with E-state index in [-0.39, 0.29) is 27.3 Å². The zero-order valence-electron chi connectivity index (χ0n) is 15.0. The van der Waals surface area contributed by atoms with Crippen LogP contribution in [0.3, 0.4) is 0 Å². The molecule has 0 bridgehead atoms. The molecule has 2 aromatic carbocycles. The molecule has 3 aromatic rings. The highest BCUT2D eigenvalue weighted by Crippen LogP contribution is 2.29. The highest BCUT2D eigenvalue weighted by molar-refractivity contribution is 7.99. The number of thioether (sulfide) groups is 1. The monoisotopic (exact) mass is 436 g/mol. The molecule has 29 heavy (non-hydrogen) atoms. The largest absolute Gasteiger partial charge is 0.595 e. The summed E-state index contributed by atoms with van der Waals surface area (Å²) in [4.78, 5) is 15.0. The molecule has 10 nitrogen and oxygen atoms in total. The minimum Gasteiger partial charge on any atom is -0.595 e. The molecule has 12 heteroatoms. The lowest BCUT2D eigenvalue weighted by Crippen LogP contribution is -2.99. The maximum Gasteiger partial charge on any atom is 0.313 e. The van der Waals surface area contributed by atoms with Crippen molar-refractivity contribution in [3.63, 3.8) is 0 Å². The van der Waals surface area contributed by atoms with Crippen LogP contribution >= 0.6 is 11.8 Å². The number of carbonyl (C=O) groups is 1. The molecule has 1 aromatic heterocycles. The number of carboxylic acids is 1. The lowest BCUT2D eigenvalue weighted by Gasteiger charge is -2.14. The number of hydrogen-bond donors (Lipinski definition) is 4. The van der Waals surface area contributed by atoms with Gasteiger partial charge in [0.25, 0.3) is 0 Å².